The molecule has 0 aliphatic carbocycles. The van der Waals surface area contributed by atoms with Gasteiger partial charge in [0.15, 0.2) is 0 Å². The number of aliphatic hydroxyl groups excluding tert-OH is 16. The summed E-state index contributed by atoms with van der Waals surface area (Å²) < 4.78 is 23.8. The topological polar surface area (TPSA) is 626 Å². The molecule has 4 amide bonds. The van der Waals surface area contributed by atoms with Crippen LogP contribution in [0, 0.1) is 0 Å². The van der Waals surface area contributed by atoms with Crippen LogP contribution in [-0.4, -0.2) is 395 Å². The van der Waals surface area contributed by atoms with Crippen molar-refractivity contribution < 1.29 is 159 Å². The van der Waals surface area contributed by atoms with Gasteiger partial charge in [0, 0.05) is 53.4 Å². The van der Waals surface area contributed by atoms with E-state index in [2.05, 4.69) is 21.3 Å². The molecule has 4 fully saturated rings. The maximum absolute atomic E-state index is 12.8. The van der Waals surface area contributed by atoms with Crippen molar-refractivity contribution in [3.8, 4) is 0 Å². The highest BCUT2D eigenvalue weighted by atomic mass is 32.2. The second-order valence-corrected chi connectivity index (χ2v) is 46.8. The summed E-state index contributed by atoms with van der Waals surface area (Å²) in [6.07, 6.45) is -15.8. The number of hydrogen-bond donors (Lipinski definition) is 24. The molecular weight excluding hydrogens is 1770 g/mol. The summed E-state index contributed by atoms with van der Waals surface area (Å²) in [6.45, 7) is 1.12. The highest BCUT2D eigenvalue weighted by molar-refractivity contribution is 8.02. The molecule has 24 atom stereocenters. The molecule has 0 unspecified atom stereocenters. The number of rotatable bonds is 64. The van der Waals surface area contributed by atoms with Gasteiger partial charge in [-0.05, 0) is 146 Å². The summed E-state index contributed by atoms with van der Waals surface area (Å²) in [5.41, 5.74) is 0. The van der Waals surface area contributed by atoms with Crippen LogP contribution in [0.15, 0.2) is 0 Å². The Morgan fingerprint density at radius 2 is 0.479 bits per heavy atom. The second kappa shape index (κ2) is 57.2. The average Bonchev–Trinajstić information content (AvgIpc) is 0.786. The zero-order valence-electron chi connectivity index (χ0n) is 69.4. The van der Waals surface area contributed by atoms with E-state index in [0.717, 1.165) is 194 Å². The minimum absolute atomic E-state index is 0.309. The van der Waals surface area contributed by atoms with Crippen LogP contribution in [0.4, 0.5) is 0 Å². The van der Waals surface area contributed by atoms with Crippen molar-refractivity contribution >= 4 is 150 Å². The highest BCUT2D eigenvalue weighted by Gasteiger charge is 2.59. The third-order valence-electron chi connectivity index (χ3n) is 21.8. The molecule has 45 heteroatoms. The average molecular weight is 1900 g/mol. The Morgan fingerprint density at radius 1 is 0.306 bits per heavy atom. The van der Waals surface area contributed by atoms with Crippen molar-refractivity contribution in [2.75, 3.05) is 95.5 Å². The largest absolute Gasteiger partial charge is 0.478 e. The molecule has 4 saturated heterocycles. The van der Waals surface area contributed by atoms with Crippen LogP contribution in [0.3, 0.4) is 0 Å². The number of amides is 4. The van der Waals surface area contributed by atoms with Crippen molar-refractivity contribution in [3.63, 3.8) is 0 Å². The number of carbonyl (C=O) groups excluding carboxylic acids is 4. The van der Waals surface area contributed by atoms with Crippen molar-refractivity contribution in [1.29, 1.82) is 0 Å². The Balaban J connectivity index is 1.46. The number of carboxylic acids is 4. The summed E-state index contributed by atoms with van der Waals surface area (Å²) >= 11 is 11.2. The van der Waals surface area contributed by atoms with E-state index in [-0.39, 0.29) is 0 Å². The fraction of sp³-hybridized carbons (Fsp3) is 0.895. The molecular formula is C76H136N4O32S8Si. The zero-order valence-corrected chi connectivity index (χ0v) is 77.0. The van der Waals surface area contributed by atoms with Gasteiger partial charge in [0.05, 0.1) is 83.1 Å². The predicted molar refractivity (Wildman–Crippen MR) is 468 cm³/mol. The number of carbonyl (C=O) groups is 8. The van der Waals surface area contributed by atoms with E-state index in [4.69, 9.17) is 18.9 Å². The lowest BCUT2D eigenvalue weighted by Gasteiger charge is -2.46. The molecule has 0 saturated carbocycles. The first-order chi connectivity index (χ1) is 57.3. The van der Waals surface area contributed by atoms with Crippen molar-refractivity contribution in [3.05, 3.63) is 0 Å². The van der Waals surface area contributed by atoms with Gasteiger partial charge in [0.25, 0.3) is 0 Å². The summed E-state index contributed by atoms with van der Waals surface area (Å²) in [6, 6.07) is -0.754. The zero-order chi connectivity index (χ0) is 90.3. The van der Waals surface area contributed by atoms with Crippen molar-refractivity contribution in [2.45, 2.75) is 322 Å². The Bertz CT molecular complexity index is 2700. The second-order valence-electron chi connectivity index (χ2n) is 31.5. The van der Waals surface area contributed by atoms with E-state index in [1.165, 1.54) is 27.7 Å². The summed E-state index contributed by atoms with van der Waals surface area (Å²) in [5, 5.41) is 219. The van der Waals surface area contributed by atoms with Gasteiger partial charge in [-0.25, -0.2) is 19.2 Å². The van der Waals surface area contributed by atoms with Gasteiger partial charge in [-0.1, -0.05) is 49.9 Å². The lowest BCUT2D eigenvalue weighted by atomic mass is 9.90. The highest BCUT2D eigenvalue weighted by Crippen LogP contribution is 2.46. The number of thioether (sulfide) groups is 8. The van der Waals surface area contributed by atoms with Crippen LogP contribution in [0.2, 0.25) is 24.2 Å². The Kier molecular flexibility index (Phi) is 52.6. The number of unbranched alkanes of at least 4 members (excludes halogenated alkanes) is 8. The molecule has 0 aromatic heterocycles. The van der Waals surface area contributed by atoms with E-state index in [9.17, 15) is 140 Å². The number of aliphatic carboxylic acids is 4. The molecule has 4 aliphatic heterocycles. The van der Waals surface area contributed by atoms with Gasteiger partial charge in [-0.2, -0.15) is 47.0 Å². The number of carboxylic acid groups (broad SMARTS) is 4. The SMILES string of the molecule is CC(=O)N[C@H]1[C@H]([C@H](O)[C@H](O)CO)O[C@@](SCCCCCSCCC[Si](CCCSCCCCCS[C@]2(C(=O)O)C[C@H](O)[C@@H](NC(C)=O)[C@H]([C@H](O)[C@H](O)CO)O2)(CCCSCCCCCS[C@]2(C(=O)O)C[C@H](O)[C@@H](NC(C)=O)[C@H]([C@H](O)[C@H](O)CO)O2)CCCSCCCCCS[C@]2(C(=O)O)C[C@H](O)[C@@H](NC(C)=O)[C@H]([C@H](O)[C@H](O)CO)O2)(C(=O)O)C[C@@H]1O. The molecule has 4 heterocycles. The molecule has 24 N–H and O–H groups in total. The molecule has 0 aromatic carbocycles. The minimum atomic E-state index is -2.05. The Hall–Kier alpha value is -2.02. The first-order valence-electron chi connectivity index (χ1n) is 41.5. The van der Waals surface area contributed by atoms with Gasteiger partial charge in [0.2, 0.25) is 43.4 Å². The van der Waals surface area contributed by atoms with Crippen molar-refractivity contribution in [2.24, 2.45) is 0 Å². The Morgan fingerprint density at radius 3 is 0.645 bits per heavy atom. The quantitative estimate of drug-likeness (QED) is 0.0284. The molecule has 0 radical (unpaired) electrons. The number of nitrogens with one attached hydrogen (secondary N) is 4. The Labute approximate surface area is 742 Å². The van der Waals surface area contributed by atoms with Crippen LogP contribution in [0.1, 0.15) is 156 Å². The van der Waals surface area contributed by atoms with Gasteiger partial charge in [0.1, 0.15) is 73.2 Å². The van der Waals surface area contributed by atoms with Gasteiger partial charge in [-0.15, -0.1) is 47.0 Å². The first kappa shape index (κ1) is 111. The van der Waals surface area contributed by atoms with Gasteiger partial charge in [-0.3, -0.25) is 19.2 Å². The molecule has 0 aromatic rings. The maximum Gasteiger partial charge on any atom is 0.346 e. The molecule has 36 nitrogen and oxygen atoms in total. The number of ether oxygens (including phenoxy) is 4. The first-order valence-corrected chi connectivity index (χ1v) is 52.9. The minimum Gasteiger partial charge on any atom is -0.478 e. The fourth-order valence-corrected chi connectivity index (χ4v) is 30.5. The van der Waals surface area contributed by atoms with E-state index in [1.54, 1.807) is 0 Å². The molecule has 121 heavy (non-hydrogen) atoms. The molecule has 0 spiro atoms. The van der Waals surface area contributed by atoms with Crippen LogP contribution < -0.4 is 21.3 Å². The predicted octanol–water partition coefficient (Wildman–Crippen LogP) is 0.140. The van der Waals surface area contributed by atoms with Crippen molar-refractivity contribution in [1.82, 2.24) is 21.3 Å². The fourth-order valence-electron chi connectivity index (χ4n) is 15.3. The van der Waals surface area contributed by atoms with E-state index in [0.29, 0.717) is 48.7 Å². The van der Waals surface area contributed by atoms with Crippen LogP contribution >= 0.6 is 94.1 Å². The maximum atomic E-state index is 12.8. The third kappa shape index (κ3) is 36.0. The van der Waals surface area contributed by atoms with Gasteiger partial charge >= 0.3 is 23.9 Å². The standard InChI is InChI=1S/C76H136N4O32S8Si/c1-45(85)77-57-49(89)37-73(69(101)102,109-65(57)61(97)53(93)41-81)117-29-13-5-9-21-113-25-17-33-121(34-18-26-114-22-10-6-14-30-118-74(70(103)104)38-50(90)58(78-46(2)86)66(110-74)62(98)54(94)42-82,35-19-27-115-23-11-7-15-31-119-75(71(105)106)39-51(91)59(79-47(3)87)67(111-75)63(99)55(95)43-83)36-20-28-116-24-12-8-16-32-120-76(72(107)108)40-52(92)60(80-48(4)88)68(112-76)64(100)56(96)44-84/h49-68,81-84,89-100H,5-44H2,1-4H3,(H,77,85)(H,78,86)(H,79,87)(H,80,88)(H,101,102)(H,103,104)(H,105,106)(H,107,108)/t49-,50-,51-,52-,53+,54+,55+,56+,57+,58+,59+,60+,61+,62+,63+,64+,65+,66+,67+,68+,73-,74-,75-,76-/m0/s1. The van der Waals surface area contributed by atoms with E-state index >= 15 is 0 Å². The number of hydrogen-bond acceptors (Lipinski definition) is 36. The molecule has 0 bridgehead atoms. The smallest absolute Gasteiger partial charge is 0.346 e. The van der Waals surface area contributed by atoms with E-state index in [1.807, 2.05) is 47.0 Å². The lowest BCUT2D eigenvalue weighted by Crippen LogP contribution is -2.66. The number of aliphatic hydroxyl groups is 16. The van der Waals surface area contributed by atoms with Crippen LogP contribution in [-0.2, 0) is 57.3 Å². The third-order valence-corrected chi connectivity index (χ3v) is 37.7. The molecule has 704 valence electrons. The summed E-state index contributed by atoms with van der Waals surface area (Å²) in [4.78, 5) is 91.5. The van der Waals surface area contributed by atoms with Crippen LogP contribution in [0.5, 0.6) is 0 Å². The van der Waals surface area contributed by atoms with Gasteiger partial charge < -0.3 is 142 Å². The summed E-state index contributed by atoms with van der Waals surface area (Å²) in [5.74, 6) is 0.162. The molecule has 4 rings (SSSR count). The summed E-state index contributed by atoms with van der Waals surface area (Å²) in [7, 11) is -2.05. The monoisotopic (exact) mass is 1900 g/mol. The molecule has 4 aliphatic rings. The normalized spacial score (nSPS) is 29.1. The van der Waals surface area contributed by atoms with E-state index < -0.39 is 249 Å². The lowest BCUT2D eigenvalue weighted by molar-refractivity contribution is -0.205. The van der Waals surface area contributed by atoms with Crippen LogP contribution in [0.25, 0.3) is 0 Å².